The normalized spacial score (nSPS) is 15.6. The van der Waals surface area contributed by atoms with Crippen molar-refractivity contribution in [3.8, 4) is 0 Å². The van der Waals surface area contributed by atoms with Gasteiger partial charge in [0.25, 0.3) is 0 Å². The molecule has 0 saturated heterocycles. The molecule has 2 heteroatoms. The van der Waals surface area contributed by atoms with Gasteiger partial charge in [0.2, 0.25) is 5.91 Å². The number of hydrogen-bond donors (Lipinski definition) is 1. The molecule has 1 aliphatic rings. The lowest BCUT2D eigenvalue weighted by atomic mass is 9.85. The van der Waals surface area contributed by atoms with Crippen LogP contribution in [0.3, 0.4) is 0 Å². The summed E-state index contributed by atoms with van der Waals surface area (Å²) in [5.41, 5.74) is 3.73. The van der Waals surface area contributed by atoms with Gasteiger partial charge >= 0.3 is 0 Å². The minimum Gasteiger partial charge on any atom is -0.352 e. The molecule has 0 spiro atoms. The Kier molecular flexibility index (Phi) is 3.28. The topological polar surface area (TPSA) is 29.1 Å². The van der Waals surface area contributed by atoms with Crippen molar-refractivity contribution >= 4 is 5.91 Å². The van der Waals surface area contributed by atoms with E-state index < -0.39 is 0 Å². The van der Waals surface area contributed by atoms with Crippen molar-refractivity contribution in [2.75, 3.05) is 0 Å². The predicted octanol–water partition coefficient (Wildman–Crippen LogP) is 2.72. The lowest BCUT2D eigenvalue weighted by Crippen LogP contribution is -2.34. The van der Waals surface area contributed by atoms with E-state index >= 15 is 0 Å². The second kappa shape index (κ2) is 4.69. The van der Waals surface area contributed by atoms with Crippen molar-refractivity contribution in [2.45, 2.75) is 39.7 Å². The van der Waals surface area contributed by atoms with Crippen LogP contribution in [-0.2, 0) is 11.3 Å². The highest BCUT2D eigenvalue weighted by atomic mass is 16.1. The molecule has 0 bridgehead atoms. The third-order valence-corrected chi connectivity index (χ3v) is 3.43. The summed E-state index contributed by atoms with van der Waals surface area (Å²) in [5, 5.41) is 3.03. The van der Waals surface area contributed by atoms with Crippen molar-refractivity contribution < 1.29 is 4.79 Å². The first-order chi connectivity index (χ1) is 7.66. The van der Waals surface area contributed by atoms with Gasteiger partial charge in [0.15, 0.2) is 0 Å². The van der Waals surface area contributed by atoms with Gasteiger partial charge in [-0.1, -0.05) is 30.2 Å². The molecule has 2 nitrogen and oxygen atoms in total. The second-order valence-electron chi connectivity index (χ2n) is 4.78. The zero-order chi connectivity index (χ0) is 11.5. The highest BCUT2D eigenvalue weighted by Gasteiger charge is 2.24. The molecule has 1 aromatic rings. The molecule has 86 valence electrons. The van der Waals surface area contributed by atoms with E-state index in [-0.39, 0.29) is 11.8 Å². The van der Waals surface area contributed by atoms with E-state index in [0.717, 1.165) is 12.8 Å². The minimum absolute atomic E-state index is 0.229. The van der Waals surface area contributed by atoms with E-state index in [0.29, 0.717) is 6.54 Å². The lowest BCUT2D eigenvalue weighted by Gasteiger charge is -2.24. The maximum absolute atomic E-state index is 11.7. The first-order valence-electron chi connectivity index (χ1n) is 6.00. The Morgan fingerprint density at radius 1 is 1.38 bits per heavy atom. The molecule has 1 saturated carbocycles. The van der Waals surface area contributed by atoms with Crippen molar-refractivity contribution in [3.63, 3.8) is 0 Å². The third kappa shape index (κ3) is 2.43. The molecule has 0 atom stereocenters. The number of nitrogens with one attached hydrogen (secondary N) is 1. The molecule has 0 aromatic heterocycles. The SMILES string of the molecule is Cc1ccc(C)c(CNC(=O)C2CCC2)c1. The molecule has 0 aliphatic heterocycles. The molecular weight excluding hydrogens is 198 g/mol. The van der Waals surface area contributed by atoms with Crippen LogP contribution in [0, 0.1) is 19.8 Å². The Labute approximate surface area is 97.1 Å². The number of amides is 1. The molecule has 1 aromatic carbocycles. The summed E-state index contributed by atoms with van der Waals surface area (Å²) < 4.78 is 0. The second-order valence-corrected chi connectivity index (χ2v) is 4.78. The van der Waals surface area contributed by atoms with Crippen LogP contribution in [-0.4, -0.2) is 5.91 Å². The average Bonchev–Trinajstić information content (AvgIpc) is 2.17. The van der Waals surface area contributed by atoms with Crippen LogP contribution in [0.25, 0.3) is 0 Å². The Hall–Kier alpha value is -1.31. The number of benzene rings is 1. The van der Waals surface area contributed by atoms with Crippen molar-refractivity contribution in [1.29, 1.82) is 0 Å². The van der Waals surface area contributed by atoms with Crippen molar-refractivity contribution in [2.24, 2.45) is 5.92 Å². The molecule has 0 radical (unpaired) electrons. The van der Waals surface area contributed by atoms with E-state index in [4.69, 9.17) is 0 Å². The van der Waals surface area contributed by atoms with Gasteiger partial charge in [0, 0.05) is 12.5 Å². The summed E-state index contributed by atoms with van der Waals surface area (Å²) in [7, 11) is 0. The van der Waals surface area contributed by atoms with Gasteiger partial charge in [-0.15, -0.1) is 0 Å². The molecule has 1 aliphatic carbocycles. The van der Waals surface area contributed by atoms with Crippen LogP contribution in [0.15, 0.2) is 18.2 Å². The summed E-state index contributed by atoms with van der Waals surface area (Å²) in [5.74, 6) is 0.511. The maximum atomic E-state index is 11.7. The van der Waals surface area contributed by atoms with Gasteiger partial charge in [-0.05, 0) is 37.8 Å². The molecule has 16 heavy (non-hydrogen) atoms. The smallest absolute Gasteiger partial charge is 0.223 e. The summed E-state index contributed by atoms with van der Waals surface area (Å²) in [6, 6.07) is 6.36. The predicted molar refractivity (Wildman–Crippen MR) is 65.1 cm³/mol. The standard InChI is InChI=1S/C14H19NO/c1-10-6-7-11(2)13(8-10)9-15-14(16)12-4-3-5-12/h6-8,12H,3-5,9H2,1-2H3,(H,15,16). The first-order valence-corrected chi connectivity index (χ1v) is 6.00. The molecule has 1 N–H and O–H groups in total. The van der Waals surface area contributed by atoms with Crippen molar-refractivity contribution in [3.05, 3.63) is 34.9 Å². The Morgan fingerprint density at radius 3 is 2.75 bits per heavy atom. The van der Waals surface area contributed by atoms with E-state index in [1.165, 1.54) is 23.1 Å². The molecule has 0 unspecified atom stereocenters. The lowest BCUT2D eigenvalue weighted by molar-refractivity contribution is -0.127. The van der Waals surface area contributed by atoms with E-state index in [2.05, 4.69) is 37.4 Å². The summed E-state index contributed by atoms with van der Waals surface area (Å²) in [6.45, 7) is 4.84. The molecule has 0 heterocycles. The number of carbonyl (C=O) groups excluding carboxylic acids is 1. The number of hydrogen-bond acceptors (Lipinski definition) is 1. The van der Waals surface area contributed by atoms with Gasteiger partial charge in [0.1, 0.15) is 0 Å². The largest absolute Gasteiger partial charge is 0.352 e. The molecule has 1 fully saturated rings. The van der Waals surface area contributed by atoms with E-state index in [9.17, 15) is 4.79 Å². The Bertz CT molecular complexity index is 394. The monoisotopic (exact) mass is 217 g/mol. The van der Waals surface area contributed by atoms with Crippen LogP contribution >= 0.6 is 0 Å². The van der Waals surface area contributed by atoms with Gasteiger partial charge < -0.3 is 5.32 Å². The minimum atomic E-state index is 0.229. The number of carbonyl (C=O) groups is 1. The first kappa shape index (κ1) is 11.2. The zero-order valence-corrected chi connectivity index (χ0v) is 10.0. The Balaban J connectivity index is 1.93. The summed E-state index contributed by atoms with van der Waals surface area (Å²) in [6.07, 6.45) is 3.35. The number of aryl methyl sites for hydroxylation is 2. The summed E-state index contributed by atoms with van der Waals surface area (Å²) >= 11 is 0. The third-order valence-electron chi connectivity index (χ3n) is 3.43. The molecular formula is C14H19NO. The summed E-state index contributed by atoms with van der Waals surface area (Å²) in [4.78, 5) is 11.7. The van der Waals surface area contributed by atoms with Crippen LogP contribution in [0.4, 0.5) is 0 Å². The fourth-order valence-corrected chi connectivity index (χ4v) is 1.99. The van der Waals surface area contributed by atoms with Crippen molar-refractivity contribution in [1.82, 2.24) is 5.32 Å². The number of rotatable bonds is 3. The maximum Gasteiger partial charge on any atom is 0.223 e. The average molecular weight is 217 g/mol. The van der Waals surface area contributed by atoms with Crippen LogP contribution < -0.4 is 5.32 Å². The highest BCUT2D eigenvalue weighted by molar-refractivity contribution is 5.79. The molecule has 1 amide bonds. The Morgan fingerprint density at radius 2 is 2.12 bits per heavy atom. The zero-order valence-electron chi connectivity index (χ0n) is 10.0. The van der Waals surface area contributed by atoms with E-state index in [1.54, 1.807) is 0 Å². The van der Waals surface area contributed by atoms with E-state index in [1.807, 2.05) is 0 Å². The fourth-order valence-electron chi connectivity index (χ4n) is 1.99. The van der Waals surface area contributed by atoms with Gasteiger partial charge in [-0.25, -0.2) is 0 Å². The quantitative estimate of drug-likeness (QED) is 0.828. The van der Waals surface area contributed by atoms with Gasteiger partial charge in [-0.2, -0.15) is 0 Å². The van der Waals surface area contributed by atoms with Gasteiger partial charge in [-0.3, -0.25) is 4.79 Å². The highest BCUT2D eigenvalue weighted by Crippen LogP contribution is 2.26. The van der Waals surface area contributed by atoms with Crippen LogP contribution in [0.2, 0.25) is 0 Å². The van der Waals surface area contributed by atoms with Gasteiger partial charge in [0.05, 0.1) is 0 Å². The molecule has 2 rings (SSSR count). The fraction of sp³-hybridized carbons (Fsp3) is 0.500. The van der Waals surface area contributed by atoms with Crippen LogP contribution in [0.5, 0.6) is 0 Å². The van der Waals surface area contributed by atoms with Crippen LogP contribution in [0.1, 0.15) is 36.0 Å².